The number of rotatable bonds is 5. The molecule has 0 bridgehead atoms. The highest BCUT2D eigenvalue weighted by molar-refractivity contribution is 5.92. The van der Waals surface area contributed by atoms with Crippen molar-refractivity contribution in [3.05, 3.63) is 17.5 Å². The maximum Gasteiger partial charge on any atom is 0.306 e. The summed E-state index contributed by atoms with van der Waals surface area (Å²) >= 11 is 0. The molecule has 1 fully saturated rings. The van der Waals surface area contributed by atoms with Gasteiger partial charge in [-0.15, -0.1) is 0 Å². The predicted molar refractivity (Wildman–Crippen MR) is 75.9 cm³/mol. The molecule has 1 aliphatic carbocycles. The molecule has 2 N–H and O–H groups in total. The van der Waals surface area contributed by atoms with Crippen LogP contribution in [0.2, 0.25) is 0 Å². The van der Waals surface area contributed by atoms with Gasteiger partial charge in [0.15, 0.2) is 5.69 Å². The molecule has 6 heteroatoms. The molecule has 1 amide bonds. The van der Waals surface area contributed by atoms with Gasteiger partial charge in [0.05, 0.1) is 5.92 Å². The highest BCUT2D eigenvalue weighted by atomic mass is 16.5. The van der Waals surface area contributed by atoms with Crippen molar-refractivity contribution >= 4 is 11.9 Å². The monoisotopic (exact) mass is 294 g/mol. The molecule has 1 aliphatic rings. The van der Waals surface area contributed by atoms with Crippen LogP contribution in [0.3, 0.4) is 0 Å². The van der Waals surface area contributed by atoms with Gasteiger partial charge in [-0.3, -0.25) is 9.59 Å². The van der Waals surface area contributed by atoms with E-state index in [-0.39, 0.29) is 17.9 Å². The van der Waals surface area contributed by atoms with Crippen molar-refractivity contribution in [2.75, 3.05) is 0 Å². The van der Waals surface area contributed by atoms with E-state index in [1.54, 1.807) is 6.07 Å². The van der Waals surface area contributed by atoms with Crippen LogP contribution in [-0.2, 0) is 11.2 Å². The van der Waals surface area contributed by atoms with E-state index in [2.05, 4.69) is 24.3 Å². The van der Waals surface area contributed by atoms with E-state index in [1.165, 1.54) is 0 Å². The molecule has 1 aromatic heterocycles. The Bertz CT molecular complexity index is 502. The molecule has 0 saturated heterocycles. The number of hydrogen-bond donors (Lipinski definition) is 2. The van der Waals surface area contributed by atoms with Crippen LogP contribution in [0.4, 0.5) is 0 Å². The van der Waals surface area contributed by atoms with E-state index < -0.39 is 5.97 Å². The van der Waals surface area contributed by atoms with Crippen LogP contribution in [0.25, 0.3) is 0 Å². The summed E-state index contributed by atoms with van der Waals surface area (Å²) in [5.74, 6) is -0.102. The van der Waals surface area contributed by atoms with Crippen molar-refractivity contribution in [2.45, 2.75) is 52.0 Å². The van der Waals surface area contributed by atoms with Crippen LogP contribution in [-0.4, -0.2) is 28.2 Å². The Labute approximate surface area is 123 Å². The first-order valence-corrected chi connectivity index (χ1v) is 7.45. The number of carbonyl (C=O) groups is 2. The van der Waals surface area contributed by atoms with Gasteiger partial charge in [0.2, 0.25) is 0 Å². The van der Waals surface area contributed by atoms with Gasteiger partial charge >= 0.3 is 5.97 Å². The van der Waals surface area contributed by atoms with Crippen molar-refractivity contribution in [1.82, 2.24) is 10.5 Å². The van der Waals surface area contributed by atoms with Crippen molar-refractivity contribution < 1.29 is 19.2 Å². The summed E-state index contributed by atoms with van der Waals surface area (Å²) in [6, 6.07) is 1.71. The van der Waals surface area contributed by atoms with Crippen LogP contribution in [0.1, 0.15) is 55.8 Å². The summed E-state index contributed by atoms with van der Waals surface area (Å²) in [6.07, 6.45) is 3.36. The number of aliphatic carboxylic acids is 1. The maximum atomic E-state index is 12.1. The number of carbonyl (C=O) groups excluding carboxylic acids is 1. The molecule has 116 valence electrons. The lowest BCUT2D eigenvalue weighted by Gasteiger charge is -2.26. The van der Waals surface area contributed by atoms with Gasteiger partial charge in [0.25, 0.3) is 5.91 Å². The van der Waals surface area contributed by atoms with E-state index in [1.807, 2.05) is 0 Å². The first kappa shape index (κ1) is 15.5. The fourth-order valence-electron chi connectivity index (χ4n) is 2.66. The van der Waals surface area contributed by atoms with Crippen LogP contribution < -0.4 is 5.32 Å². The second-order valence-electron chi connectivity index (χ2n) is 6.14. The van der Waals surface area contributed by atoms with Crippen molar-refractivity contribution in [3.63, 3.8) is 0 Å². The number of aromatic nitrogens is 1. The van der Waals surface area contributed by atoms with Gasteiger partial charge in [0.1, 0.15) is 5.76 Å². The van der Waals surface area contributed by atoms with E-state index in [9.17, 15) is 9.59 Å². The minimum absolute atomic E-state index is 0.0262. The number of nitrogens with one attached hydrogen (secondary N) is 1. The second-order valence-corrected chi connectivity index (χ2v) is 6.14. The zero-order chi connectivity index (χ0) is 15.4. The quantitative estimate of drug-likeness (QED) is 0.869. The minimum Gasteiger partial charge on any atom is -0.481 e. The van der Waals surface area contributed by atoms with E-state index in [0.717, 1.165) is 6.42 Å². The van der Waals surface area contributed by atoms with Gasteiger partial charge < -0.3 is 14.9 Å². The lowest BCUT2D eigenvalue weighted by Crippen LogP contribution is -2.38. The number of nitrogens with zero attached hydrogens (tertiary/aromatic N) is 1. The fourth-order valence-corrected chi connectivity index (χ4v) is 2.66. The molecule has 1 saturated carbocycles. The van der Waals surface area contributed by atoms with E-state index in [4.69, 9.17) is 9.63 Å². The highest BCUT2D eigenvalue weighted by Gasteiger charge is 2.27. The van der Waals surface area contributed by atoms with Crippen LogP contribution in [0, 0.1) is 11.8 Å². The predicted octanol–water partition coefficient (Wildman–Crippen LogP) is 2.25. The van der Waals surface area contributed by atoms with E-state index in [0.29, 0.717) is 43.1 Å². The first-order chi connectivity index (χ1) is 9.95. The molecule has 0 radical (unpaired) electrons. The molecule has 1 aromatic rings. The topological polar surface area (TPSA) is 92.4 Å². The Morgan fingerprint density at radius 2 is 2.05 bits per heavy atom. The number of amides is 1. The minimum atomic E-state index is -0.741. The summed E-state index contributed by atoms with van der Waals surface area (Å²) < 4.78 is 5.15. The Balaban J connectivity index is 1.85. The molecular formula is C15H22N2O4. The summed E-state index contributed by atoms with van der Waals surface area (Å²) in [4.78, 5) is 23.0. The summed E-state index contributed by atoms with van der Waals surface area (Å²) in [7, 11) is 0. The van der Waals surface area contributed by atoms with Crippen molar-refractivity contribution in [1.29, 1.82) is 0 Å². The average molecular weight is 294 g/mol. The SMILES string of the molecule is CC(C)Cc1cc(C(=O)NC2CCC(C(=O)O)CC2)no1. The molecule has 0 atom stereocenters. The van der Waals surface area contributed by atoms with Gasteiger partial charge in [-0.2, -0.15) is 0 Å². The third-order valence-electron chi connectivity index (χ3n) is 3.81. The van der Waals surface area contributed by atoms with Crippen LogP contribution in [0.5, 0.6) is 0 Å². The van der Waals surface area contributed by atoms with Crippen molar-refractivity contribution in [3.8, 4) is 0 Å². The van der Waals surface area contributed by atoms with Gasteiger partial charge in [-0.1, -0.05) is 19.0 Å². The van der Waals surface area contributed by atoms with Gasteiger partial charge in [-0.25, -0.2) is 0 Å². The summed E-state index contributed by atoms with van der Waals surface area (Å²) in [5.41, 5.74) is 0.297. The molecule has 6 nitrogen and oxygen atoms in total. The van der Waals surface area contributed by atoms with Crippen LogP contribution in [0.15, 0.2) is 10.6 Å². The zero-order valence-electron chi connectivity index (χ0n) is 12.5. The molecule has 2 rings (SSSR count). The zero-order valence-corrected chi connectivity index (χ0v) is 12.5. The summed E-state index contributed by atoms with van der Waals surface area (Å²) in [6.45, 7) is 4.15. The Morgan fingerprint density at radius 1 is 1.38 bits per heavy atom. The number of carboxylic acid groups (broad SMARTS) is 1. The molecule has 0 unspecified atom stereocenters. The Morgan fingerprint density at radius 3 is 2.62 bits per heavy atom. The Kier molecular flexibility index (Phi) is 4.98. The van der Waals surface area contributed by atoms with Crippen molar-refractivity contribution in [2.24, 2.45) is 11.8 Å². The third kappa shape index (κ3) is 4.31. The first-order valence-electron chi connectivity index (χ1n) is 7.45. The molecule has 21 heavy (non-hydrogen) atoms. The lowest BCUT2D eigenvalue weighted by atomic mass is 9.86. The number of carboxylic acids is 1. The molecule has 0 aliphatic heterocycles. The second kappa shape index (κ2) is 6.74. The highest BCUT2D eigenvalue weighted by Crippen LogP contribution is 2.24. The third-order valence-corrected chi connectivity index (χ3v) is 3.81. The van der Waals surface area contributed by atoms with E-state index >= 15 is 0 Å². The normalized spacial score (nSPS) is 22.2. The standard InChI is InChI=1S/C15H22N2O4/c1-9(2)7-12-8-13(17-21-12)14(18)16-11-5-3-10(4-6-11)15(19)20/h8-11H,3-7H2,1-2H3,(H,16,18)(H,19,20). The largest absolute Gasteiger partial charge is 0.481 e. The average Bonchev–Trinajstić information content (AvgIpc) is 2.87. The summed E-state index contributed by atoms with van der Waals surface area (Å²) in [5, 5.41) is 15.7. The molecule has 0 aromatic carbocycles. The Hall–Kier alpha value is -1.85. The van der Waals surface area contributed by atoms with Gasteiger partial charge in [0, 0.05) is 18.5 Å². The maximum absolute atomic E-state index is 12.1. The number of hydrogen-bond acceptors (Lipinski definition) is 4. The lowest BCUT2D eigenvalue weighted by molar-refractivity contribution is -0.142. The molecular weight excluding hydrogens is 272 g/mol. The van der Waals surface area contributed by atoms with Crippen LogP contribution >= 0.6 is 0 Å². The molecule has 1 heterocycles. The smallest absolute Gasteiger partial charge is 0.306 e. The fraction of sp³-hybridized carbons (Fsp3) is 0.667. The van der Waals surface area contributed by atoms with Gasteiger partial charge in [-0.05, 0) is 31.6 Å². The molecule has 0 spiro atoms.